The van der Waals surface area contributed by atoms with Gasteiger partial charge in [-0.2, -0.15) is 0 Å². The molecular weight excluding hydrogens is 268 g/mol. The summed E-state index contributed by atoms with van der Waals surface area (Å²) in [6.07, 6.45) is 2.38. The van der Waals surface area contributed by atoms with E-state index in [4.69, 9.17) is 14.2 Å². The normalized spacial score (nSPS) is 17.0. The first-order chi connectivity index (χ1) is 10.1. The maximum absolute atomic E-state index is 12.3. The van der Waals surface area contributed by atoms with Gasteiger partial charge in [-0.05, 0) is 24.8 Å². The van der Waals surface area contributed by atoms with Gasteiger partial charge in [0.15, 0.2) is 17.3 Å². The summed E-state index contributed by atoms with van der Waals surface area (Å²) >= 11 is 0. The third kappa shape index (κ3) is 3.49. The molecule has 0 bridgehead atoms. The number of Topliss-reactive ketones (excluding diaryl/α,β-unsaturated/α-hetero) is 1. The number of ketones is 1. The maximum atomic E-state index is 12.3. The van der Waals surface area contributed by atoms with Crippen LogP contribution in [0.3, 0.4) is 0 Å². The molecule has 0 N–H and O–H groups in total. The Hall–Kier alpha value is -1.71. The summed E-state index contributed by atoms with van der Waals surface area (Å²) in [5, 5.41) is 0. The summed E-state index contributed by atoms with van der Waals surface area (Å²) in [5.41, 5.74) is 1.65. The molecule has 4 nitrogen and oxygen atoms in total. The van der Waals surface area contributed by atoms with Crippen LogP contribution in [0.25, 0.3) is 0 Å². The van der Waals surface area contributed by atoms with E-state index in [1.165, 1.54) is 0 Å². The first-order valence-corrected chi connectivity index (χ1v) is 7.47. The van der Waals surface area contributed by atoms with E-state index in [2.05, 4.69) is 6.92 Å². The van der Waals surface area contributed by atoms with Gasteiger partial charge in [0.25, 0.3) is 0 Å². The van der Waals surface area contributed by atoms with Gasteiger partial charge >= 0.3 is 0 Å². The van der Waals surface area contributed by atoms with Crippen molar-refractivity contribution in [3.05, 3.63) is 17.2 Å². The maximum Gasteiger partial charge on any atom is 0.203 e. The number of fused-ring (bicyclic) bond motifs is 1. The highest BCUT2D eigenvalue weighted by molar-refractivity contribution is 5.99. The monoisotopic (exact) mass is 294 g/mol. The van der Waals surface area contributed by atoms with Gasteiger partial charge in [0, 0.05) is 17.5 Å². The molecule has 2 rings (SSSR count). The number of rotatable bonds is 3. The van der Waals surface area contributed by atoms with Crippen LogP contribution in [0.2, 0.25) is 0 Å². The molecule has 0 saturated carbocycles. The van der Waals surface area contributed by atoms with Gasteiger partial charge in [-0.25, -0.2) is 0 Å². The molecule has 0 heterocycles. The summed E-state index contributed by atoms with van der Waals surface area (Å²) in [5.74, 6) is 2.27. The largest absolute Gasteiger partial charge is 0.493 e. The van der Waals surface area contributed by atoms with Crippen LogP contribution in [0.1, 0.15) is 49.5 Å². The molecule has 0 radical (unpaired) electrons. The predicted molar refractivity (Wildman–Crippen MR) is 83.9 cm³/mol. The number of carbonyl (C=O) groups is 1. The molecule has 21 heavy (non-hydrogen) atoms. The lowest BCUT2D eigenvalue weighted by Crippen LogP contribution is -2.06. The Labute approximate surface area is 127 Å². The Morgan fingerprint density at radius 2 is 1.67 bits per heavy atom. The van der Waals surface area contributed by atoms with Gasteiger partial charge in [0.05, 0.1) is 21.3 Å². The van der Waals surface area contributed by atoms with E-state index in [9.17, 15) is 4.79 Å². The highest BCUT2D eigenvalue weighted by Gasteiger charge is 2.27. The van der Waals surface area contributed by atoms with Crippen molar-refractivity contribution in [2.45, 2.75) is 40.0 Å². The SMILES string of the molecule is CC.COc1cc2c(c(OC)c1OC)CCC(C)CC2=O. The van der Waals surface area contributed by atoms with Crippen molar-refractivity contribution in [1.82, 2.24) is 0 Å². The number of hydrogen-bond donors (Lipinski definition) is 0. The fraction of sp³-hybridized carbons (Fsp3) is 0.588. The average molecular weight is 294 g/mol. The van der Waals surface area contributed by atoms with Crippen molar-refractivity contribution in [3.63, 3.8) is 0 Å². The second-order valence-electron chi connectivity index (χ2n) is 4.94. The van der Waals surface area contributed by atoms with Crippen LogP contribution in [0, 0.1) is 5.92 Å². The predicted octanol–water partition coefficient (Wildman–Crippen LogP) is 3.89. The highest BCUT2D eigenvalue weighted by atomic mass is 16.5. The van der Waals surface area contributed by atoms with E-state index in [1.807, 2.05) is 13.8 Å². The van der Waals surface area contributed by atoms with E-state index in [0.717, 1.165) is 18.4 Å². The minimum atomic E-state index is 0.152. The molecule has 0 spiro atoms. The minimum Gasteiger partial charge on any atom is -0.493 e. The number of benzene rings is 1. The molecule has 1 aromatic rings. The summed E-state index contributed by atoms with van der Waals surface area (Å²) in [7, 11) is 4.73. The Morgan fingerprint density at radius 1 is 1.05 bits per heavy atom. The Bertz CT molecular complexity index is 494. The van der Waals surface area contributed by atoms with Crippen LogP contribution in [0.4, 0.5) is 0 Å². The first-order valence-electron chi connectivity index (χ1n) is 7.47. The molecule has 0 saturated heterocycles. The van der Waals surface area contributed by atoms with Crippen molar-refractivity contribution in [3.8, 4) is 17.2 Å². The molecule has 0 aromatic heterocycles. The summed E-state index contributed by atoms with van der Waals surface area (Å²) in [6.45, 7) is 6.10. The fourth-order valence-corrected chi connectivity index (χ4v) is 2.63. The van der Waals surface area contributed by atoms with Gasteiger partial charge in [-0.3, -0.25) is 4.79 Å². The molecule has 1 atom stereocenters. The molecule has 1 aromatic carbocycles. The lowest BCUT2D eigenvalue weighted by molar-refractivity contribution is 0.0966. The van der Waals surface area contributed by atoms with Crippen LogP contribution in [0.5, 0.6) is 17.2 Å². The van der Waals surface area contributed by atoms with Gasteiger partial charge in [0.2, 0.25) is 5.75 Å². The average Bonchev–Trinajstić information content (AvgIpc) is 2.66. The van der Waals surface area contributed by atoms with Gasteiger partial charge in [-0.1, -0.05) is 20.8 Å². The molecular formula is C17H26O4. The molecule has 118 valence electrons. The van der Waals surface area contributed by atoms with Crippen molar-refractivity contribution in [2.24, 2.45) is 5.92 Å². The molecule has 0 amide bonds. The van der Waals surface area contributed by atoms with Crippen LogP contribution in [0.15, 0.2) is 6.07 Å². The quantitative estimate of drug-likeness (QED) is 0.793. The molecule has 4 heteroatoms. The van der Waals surface area contributed by atoms with Crippen LogP contribution in [-0.2, 0) is 6.42 Å². The highest BCUT2D eigenvalue weighted by Crippen LogP contribution is 2.44. The molecule has 0 aliphatic heterocycles. The molecule has 1 aliphatic rings. The number of methoxy groups -OCH3 is 3. The molecule has 1 aliphatic carbocycles. The van der Waals surface area contributed by atoms with Crippen molar-refractivity contribution in [2.75, 3.05) is 21.3 Å². The van der Waals surface area contributed by atoms with Crippen LogP contribution in [-0.4, -0.2) is 27.1 Å². The lowest BCUT2D eigenvalue weighted by Gasteiger charge is -2.17. The fourth-order valence-electron chi connectivity index (χ4n) is 2.63. The Morgan fingerprint density at radius 3 is 2.19 bits per heavy atom. The summed E-state index contributed by atoms with van der Waals surface area (Å²) < 4.78 is 16.1. The van der Waals surface area contributed by atoms with E-state index in [0.29, 0.717) is 35.2 Å². The third-order valence-corrected chi connectivity index (χ3v) is 3.65. The third-order valence-electron chi connectivity index (χ3n) is 3.65. The van der Waals surface area contributed by atoms with Crippen molar-refractivity contribution < 1.29 is 19.0 Å². The zero-order valence-electron chi connectivity index (χ0n) is 13.9. The minimum absolute atomic E-state index is 0.152. The Balaban J connectivity index is 0.00000106. The van der Waals surface area contributed by atoms with Crippen LogP contribution >= 0.6 is 0 Å². The second kappa shape index (κ2) is 7.91. The topological polar surface area (TPSA) is 44.8 Å². The summed E-state index contributed by atoms with van der Waals surface area (Å²) in [6, 6.07) is 1.77. The summed E-state index contributed by atoms with van der Waals surface area (Å²) in [4.78, 5) is 12.3. The van der Waals surface area contributed by atoms with Crippen molar-refractivity contribution >= 4 is 5.78 Å². The zero-order chi connectivity index (χ0) is 16.0. The second-order valence-corrected chi connectivity index (χ2v) is 4.94. The number of hydrogen-bond acceptors (Lipinski definition) is 4. The van der Waals surface area contributed by atoms with Crippen molar-refractivity contribution in [1.29, 1.82) is 0 Å². The van der Waals surface area contributed by atoms with Crippen LogP contribution < -0.4 is 14.2 Å². The van der Waals surface area contributed by atoms with E-state index in [-0.39, 0.29) is 5.78 Å². The lowest BCUT2D eigenvalue weighted by atomic mass is 9.99. The van der Waals surface area contributed by atoms with Gasteiger partial charge < -0.3 is 14.2 Å². The van der Waals surface area contributed by atoms with E-state index < -0.39 is 0 Å². The van der Waals surface area contributed by atoms with Gasteiger partial charge in [-0.15, -0.1) is 0 Å². The van der Waals surface area contributed by atoms with E-state index >= 15 is 0 Å². The standard InChI is InChI=1S/C15H20O4.C2H6/c1-9-5-6-10-11(12(16)7-9)8-13(17-2)15(19-4)14(10)18-3;1-2/h8-9H,5-7H2,1-4H3;1-2H3. The number of carbonyl (C=O) groups excluding carboxylic acids is 1. The molecule has 0 fully saturated rings. The Kier molecular flexibility index (Phi) is 6.53. The number of ether oxygens (including phenoxy) is 3. The van der Waals surface area contributed by atoms with Gasteiger partial charge in [0.1, 0.15) is 0 Å². The zero-order valence-corrected chi connectivity index (χ0v) is 13.9. The van der Waals surface area contributed by atoms with E-state index in [1.54, 1.807) is 27.4 Å². The molecule has 1 unspecified atom stereocenters. The smallest absolute Gasteiger partial charge is 0.203 e. The first kappa shape index (κ1) is 17.3.